The summed E-state index contributed by atoms with van der Waals surface area (Å²) in [5.74, 6) is -2.93. The molecule has 160 valence electrons. The Morgan fingerprint density at radius 2 is 0.793 bits per heavy atom. The van der Waals surface area contributed by atoms with Crippen molar-refractivity contribution in [1.29, 1.82) is 0 Å². The molecule has 0 aliphatic heterocycles. The molecule has 0 amide bonds. The van der Waals surface area contributed by atoms with Gasteiger partial charge in [-0.15, -0.1) is 0 Å². The number of aliphatic carboxylic acids is 2. The van der Waals surface area contributed by atoms with Gasteiger partial charge in [0.05, 0.1) is 11.9 Å². The Kier molecular flexibility index (Phi) is 27.3. The first-order chi connectivity index (χ1) is 13.0. The molecule has 0 atom stereocenters. The summed E-state index contributed by atoms with van der Waals surface area (Å²) in [5.41, 5.74) is -1.80. The molecule has 0 saturated heterocycles. The van der Waals surface area contributed by atoms with Gasteiger partial charge in [-0.1, -0.05) is 117 Å². The molecule has 0 rings (SSSR count). The number of carboxylic acids is 2. The maximum Gasteiger partial charge on any atom is 1.00 e. The van der Waals surface area contributed by atoms with Gasteiger partial charge >= 0.3 is 48.4 Å². The molecule has 0 unspecified atom stereocenters. The van der Waals surface area contributed by atoms with E-state index in [1.165, 1.54) is 44.9 Å². The van der Waals surface area contributed by atoms with Crippen molar-refractivity contribution < 1.29 is 68.2 Å². The number of carboxylic acid groups (broad SMARTS) is 2. The maximum atomic E-state index is 11.6. The van der Waals surface area contributed by atoms with Crippen LogP contribution < -0.4 is 58.6 Å². The third-order valence-corrected chi connectivity index (χ3v) is 5.70. The zero-order valence-electron chi connectivity index (χ0n) is 19.9. The molecule has 0 radical (unpaired) electrons. The van der Waals surface area contributed by atoms with Gasteiger partial charge in [-0.25, -0.2) is 0 Å². The second-order valence-electron chi connectivity index (χ2n) is 8.11. The standard InChI is InChI=1S/C23H44O4.Li.Na/c1-3-5-7-9-11-12-13-14-16-18-20-23(21(24)25,22(26)27)19-17-15-10-8-6-4-2;;/h3-20H2,1-2H3,(H,24,25)(H,26,27);;/q;2*+1/p-2. The first-order valence-corrected chi connectivity index (χ1v) is 11.4. The normalized spacial score (nSPS) is 10.8. The summed E-state index contributed by atoms with van der Waals surface area (Å²) in [6.07, 6.45) is 17.6. The van der Waals surface area contributed by atoms with Crippen molar-refractivity contribution in [2.45, 2.75) is 129 Å². The second kappa shape index (κ2) is 23.2. The molecule has 0 fully saturated rings. The predicted molar refractivity (Wildman–Crippen MR) is 107 cm³/mol. The molecule has 0 aliphatic rings. The van der Waals surface area contributed by atoms with Crippen LogP contribution in [0.4, 0.5) is 0 Å². The largest absolute Gasteiger partial charge is 1.00 e. The predicted octanol–water partition coefficient (Wildman–Crippen LogP) is -1.46. The van der Waals surface area contributed by atoms with Gasteiger partial charge in [0.1, 0.15) is 0 Å². The monoisotopic (exact) mass is 412 g/mol. The molecular weight excluding hydrogens is 370 g/mol. The van der Waals surface area contributed by atoms with Crippen molar-refractivity contribution in [1.82, 2.24) is 0 Å². The van der Waals surface area contributed by atoms with E-state index in [-0.39, 0.29) is 61.3 Å². The molecule has 0 aromatic rings. The van der Waals surface area contributed by atoms with Crippen LogP contribution in [-0.4, -0.2) is 11.9 Å². The van der Waals surface area contributed by atoms with Gasteiger partial charge in [-0.3, -0.25) is 0 Å². The van der Waals surface area contributed by atoms with E-state index in [2.05, 4.69) is 13.8 Å². The average Bonchev–Trinajstić information content (AvgIpc) is 2.63. The van der Waals surface area contributed by atoms with E-state index in [9.17, 15) is 19.8 Å². The zero-order chi connectivity index (χ0) is 20.4. The van der Waals surface area contributed by atoms with Gasteiger partial charge in [-0.05, 0) is 12.8 Å². The van der Waals surface area contributed by atoms with Gasteiger partial charge < -0.3 is 19.8 Å². The van der Waals surface area contributed by atoms with Gasteiger partial charge in [0, 0.05) is 5.41 Å². The maximum absolute atomic E-state index is 11.6. The third-order valence-electron chi connectivity index (χ3n) is 5.70. The van der Waals surface area contributed by atoms with Crippen LogP contribution in [0, 0.1) is 5.41 Å². The van der Waals surface area contributed by atoms with Crippen molar-refractivity contribution in [2.24, 2.45) is 5.41 Å². The summed E-state index contributed by atoms with van der Waals surface area (Å²) in [5, 5.41) is 23.2. The van der Waals surface area contributed by atoms with E-state index in [1.807, 2.05) is 0 Å². The van der Waals surface area contributed by atoms with Crippen LogP contribution >= 0.6 is 0 Å². The SMILES string of the molecule is CCCCCCCCCCCCC(CCCCCCCC)(C(=O)[O-])C(=O)[O-].[Li+].[Na+]. The minimum atomic E-state index is -1.80. The Hall–Kier alpha value is 0.537. The molecule has 0 aromatic carbocycles. The van der Waals surface area contributed by atoms with Gasteiger partial charge in [0.2, 0.25) is 0 Å². The van der Waals surface area contributed by atoms with Crippen LogP contribution in [0.5, 0.6) is 0 Å². The molecule has 0 saturated carbocycles. The van der Waals surface area contributed by atoms with Crippen molar-refractivity contribution >= 4 is 11.9 Å². The molecule has 0 N–H and O–H groups in total. The summed E-state index contributed by atoms with van der Waals surface area (Å²) in [7, 11) is 0. The van der Waals surface area contributed by atoms with Crippen LogP contribution in [0.3, 0.4) is 0 Å². The van der Waals surface area contributed by atoms with Gasteiger partial charge in [0.25, 0.3) is 0 Å². The average molecular weight is 413 g/mol. The number of rotatable bonds is 20. The summed E-state index contributed by atoms with van der Waals surface area (Å²) in [6, 6.07) is 0. The smallest absolute Gasteiger partial charge is 0.549 e. The third kappa shape index (κ3) is 16.8. The van der Waals surface area contributed by atoms with Crippen LogP contribution in [0.1, 0.15) is 129 Å². The van der Waals surface area contributed by atoms with Gasteiger partial charge in [0.15, 0.2) is 0 Å². The van der Waals surface area contributed by atoms with Crippen LogP contribution in [0.2, 0.25) is 0 Å². The molecular formula is C23H42LiNaO4. The van der Waals surface area contributed by atoms with E-state index < -0.39 is 17.4 Å². The van der Waals surface area contributed by atoms with Crippen molar-refractivity contribution in [3.63, 3.8) is 0 Å². The van der Waals surface area contributed by atoms with Gasteiger partial charge in [-0.2, -0.15) is 0 Å². The Bertz CT molecular complexity index is 377. The Labute approximate surface area is 213 Å². The minimum absolute atomic E-state index is 0. The van der Waals surface area contributed by atoms with Crippen molar-refractivity contribution in [2.75, 3.05) is 0 Å². The van der Waals surface area contributed by atoms with Crippen molar-refractivity contribution in [3.8, 4) is 0 Å². The Morgan fingerprint density at radius 3 is 1.03 bits per heavy atom. The van der Waals surface area contributed by atoms with E-state index in [4.69, 9.17) is 0 Å². The van der Waals surface area contributed by atoms with E-state index in [1.54, 1.807) is 0 Å². The fraction of sp³-hybridized carbons (Fsp3) is 0.913. The molecule has 0 aromatic heterocycles. The fourth-order valence-corrected chi connectivity index (χ4v) is 3.74. The summed E-state index contributed by atoms with van der Waals surface area (Å²) >= 11 is 0. The topological polar surface area (TPSA) is 80.3 Å². The van der Waals surface area contributed by atoms with E-state index >= 15 is 0 Å². The minimum Gasteiger partial charge on any atom is -0.549 e. The summed E-state index contributed by atoms with van der Waals surface area (Å²) in [4.78, 5) is 23.2. The Balaban J connectivity index is -0.00000338. The second-order valence-corrected chi connectivity index (χ2v) is 8.11. The molecule has 4 nitrogen and oxygen atoms in total. The van der Waals surface area contributed by atoms with Crippen molar-refractivity contribution in [3.05, 3.63) is 0 Å². The summed E-state index contributed by atoms with van der Waals surface area (Å²) < 4.78 is 0. The molecule has 29 heavy (non-hydrogen) atoms. The number of carbonyl (C=O) groups is 2. The van der Waals surface area contributed by atoms with Crippen LogP contribution in [0.25, 0.3) is 0 Å². The fourth-order valence-electron chi connectivity index (χ4n) is 3.74. The Morgan fingerprint density at radius 1 is 0.552 bits per heavy atom. The number of hydrogen-bond acceptors (Lipinski definition) is 4. The molecule has 0 aliphatic carbocycles. The number of carbonyl (C=O) groups excluding carboxylic acids is 2. The molecule has 0 heterocycles. The molecule has 0 bridgehead atoms. The first-order valence-electron chi connectivity index (χ1n) is 11.4. The van der Waals surface area contributed by atoms with Crippen LogP contribution in [-0.2, 0) is 9.59 Å². The first kappa shape index (κ1) is 34.2. The molecule has 6 heteroatoms. The van der Waals surface area contributed by atoms with Crippen LogP contribution in [0.15, 0.2) is 0 Å². The number of hydrogen-bond donors (Lipinski definition) is 0. The van der Waals surface area contributed by atoms with E-state index in [0.717, 1.165) is 44.9 Å². The quantitative estimate of drug-likeness (QED) is 0.139. The van der Waals surface area contributed by atoms with E-state index in [0.29, 0.717) is 12.8 Å². The molecule has 0 spiro atoms. The number of unbranched alkanes of at least 4 members (excludes halogenated alkanes) is 14. The zero-order valence-corrected chi connectivity index (χ0v) is 21.9. The summed E-state index contributed by atoms with van der Waals surface area (Å²) in [6.45, 7) is 4.36.